The van der Waals surface area contributed by atoms with E-state index in [1.807, 2.05) is 54.6 Å². The number of oxazole rings is 1. The Bertz CT molecular complexity index is 971. The summed E-state index contributed by atoms with van der Waals surface area (Å²) in [6, 6.07) is 17.4. The van der Waals surface area contributed by atoms with E-state index in [2.05, 4.69) is 20.3 Å². The van der Waals surface area contributed by atoms with Gasteiger partial charge in [-0.3, -0.25) is 10.1 Å². The zero-order valence-electron chi connectivity index (χ0n) is 13.4. The SMILES string of the molecule is O=C(CCc1ncc(-c2ccccc2)o1)Nc1nc2ccccc2[nH]1. The number of para-hydroxylation sites is 2. The van der Waals surface area contributed by atoms with Crippen LogP contribution in [-0.4, -0.2) is 20.9 Å². The number of aromatic amines is 1. The van der Waals surface area contributed by atoms with Crippen LogP contribution in [-0.2, 0) is 11.2 Å². The first kappa shape index (κ1) is 15.1. The Balaban J connectivity index is 1.36. The van der Waals surface area contributed by atoms with E-state index in [1.54, 1.807) is 6.20 Å². The number of carbonyl (C=O) groups excluding carboxylic acids is 1. The van der Waals surface area contributed by atoms with E-state index in [4.69, 9.17) is 4.42 Å². The summed E-state index contributed by atoms with van der Waals surface area (Å²) >= 11 is 0. The van der Waals surface area contributed by atoms with E-state index >= 15 is 0 Å². The van der Waals surface area contributed by atoms with Gasteiger partial charge in [0.1, 0.15) is 0 Å². The Morgan fingerprint density at radius 2 is 1.88 bits per heavy atom. The van der Waals surface area contributed by atoms with Crippen LogP contribution >= 0.6 is 0 Å². The van der Waals surface area contributed by atoms with Gasteiger partial charge in [0, 0.05) is 18.4 Å². The molecule has 2 heterocycles. The van der Waals surface area contributed by atoms with Crippen LogP contribution in [0.25, 0.3) is 22.4 Å². The highest BCUT2D eigenvalue weighted by Crippen LogP contribution is 2.20. The average molecular weight is 332 g/mol. The van der Waals surface area contributed by atoms with Gasteiger partial charge in [-0.15, -0.1) is 0 Å². The third-order valence-corrected chi connectivity index (χ3v) is 3.82. The predicted molar refractivity (Wildman–Crippen MR) is 95.0 cm³/mol. The third-order valence-electron chi connectivity index (χ3n) is 3.82. The number of hydrogen-bond donors (Lipinski definition) is 2. The minimum Gasteiger partial charge on any atom is -0.441 e. The minimum absolute atomic E-state index is 0.140. The van der Waals surface area contributed by atoms with Crippen molar-refractivity contribution in [3.63, 3.8) is 0 Å². The van der Waals surface area contributed by atoms with E-state index < -0.39 is 0 Å². The Labute approximate surface area is 143 Å². The van der Waals surface area contributed by atoms with Crippen LogP contribution in [0, 0.1) is 0 Å². The van der Waals surface area contributed by atoms with Gasteiger partial charge in [0.25, 0.3) is 0 Å². The molecule has 0 radical (unpaired) electrons. The van der Waals surface area contributed by atoms with Crippen molar-refractivity contribution in [2.24, 2.45) is 0 Å². The van der Waals surface area contributed by atoms with E-state index in [9.17, 15) is 4.79 Å². The molecular formula is C19H16N4O2. The van der Waals surface area contributed by atoms with Crippen molar-refractivity contribution in [1.82, 2.24) is 15.0 Å². The van der Waals surface area contributed by atoms with Crippen molar-refractivity contribution < 1.29 is 9.21 Å². The summed E-state index contributed by atoms with van der Waals surface area (Å²) in [5.74, 6) is 1.55. The number of nitrogens with zero attached hydrogens (tertiary/aromatic N) is 2. The Morgan fingerprint density at radius 1 is 1.08 bits per heavy atom. The summed E-state index contributed by atoms with van der Waals surface area (Å²) in [7, 11) is 0. The number of aromatic nitrogens is 3. The van der Waals surface area contributed by atoms with Crippen molar-refractivity contribution in [2.45, 2.75) is 12.8 Å². The second-order valence-electron chi connectivity index (χ2n) is 5.64. The molecular weight excluding hydrogens is 316 g/mol. The van der Waals surface area contributed by atoms with Crippen molar-refractivity contribution in [3.05, 3.63) is 66.7 Å². The molecule has 4 rings (SSSR count). The first-order valence-corrected chi connectivity index (χ1v) is 8.03. The Hall–Kier alpha value is -3.41. The molecule has 0 bridgehead atoms. The zero-order valence-corrected chi connectivity index (χ0v) is 13.4. The van der Waals surface area contributed by atoms with E-state index in [0.29, 0.717) is 24.0 Å². The molecule has 0 spiro atoms. The first-order chi connectivity index (χ1) is 12.3. The van der Waals surface area contributed by atoms with E-state index in [1.165, 1.54) is 0 Å². The lowest BCUT2D eigenvalue weighted by atomic mass is 10.2. The molecule has 0 fully saturated rings. The number of anilines is 1. The van der Waals surface area contributed by atoms with Crippen molar-refractivity contribution in [2.75, 3.05) is 5.32 Å². The molecule has 124 valence electrons. The number of hydrogen-bond acceptors (Lipinski definition) is 4. The molecule has 0 saturated carbocycles. The largest absolute Gasteiger partial charge is 0.441 e. The van der Waals surface area contributed by atoms with Gasteiger partial charge in [-0.2, -0.15) is 0 Å². The smallest absolute Gasteiger partial charge is 0.227 e. The molecule has 0 saturated heterocycles. The Morgan fingerprint density at radius 3 is 2.72 bits per heavy atom. The summed E-state index contributed by atoms with van der Waals surface area (Å²) in [6.45, 7) is 0. The molecule has 6 heteroatoms. The number of benzene rings is 2. The Kier molecular flexibility index (Phi) is 4.00. The number of nitrogens with one attached hydrogen (secondary N) is 2. The highest BCUT2D eigenvalue weighted by atomic mass is 16.4. The molecule has 4 aromatic rings. The highest BCUT2D eigenvalue weighted by Gasteiger charge is 2.10. The second kappa shape index (κ2) is 6.60. The van der Waals surface area contributed by atoms with Crippen LogP contribution < -0.4 is 5.32 Å². The monoisotopic (exact) mass is 332 g/mol. The second-order valence-corrected chi connectivity index (χ2v) is 5.64. The third kappa shape index (κ3) is 3.42. The van der Waals surface area contributed by atoms with Gasteiger partial charge in [0.15, 0.2) is 11.7 Å². The number of carbonyl (C=O) groups is 1. The lowest BCUT2D eigenvalue weighted by Crippen LogP contribution is -2.13. The summed E-state index contributed by atoms with van der Waals surface area (Å²) in [6.07, 6.45) is 2.38. The maximum Gasteiger partial charge on any atom is 0.227 e. The van der Waals surface area contributed by atoms with Crippen LogP contribution in [0.15, 0.2) is 65.2 Å². The summed E-state index contributed by atoms with van der Waals surface area (Å²) in [5.41, 5.74) is 2.67. The van der Waals surface area contributed by atoms with E-state index in [0.717, 1.165) is 16.6 Å². The molecule has 6 nitrogen and oxygen atoms in total. The molecule has 0 unspecified atom stereocenters. The normalized spacial score (nSPS) is 10.9. The number of fused-ring (bicyclic) bond motifs is 1. The summed E-state index contributed by atoms with van der Waals surface area (Å²) in [4.78, 5) is 23.7. The molecule has 2 N–H and O–H groups in total. The van der Waals surface area contributed by atoms with Crippen LogP contribution in [0.3, 0.4) is 0 Å². The fourth-order valence-electron chi connectivity index (χ4n) is 2.59. The zero-order chi connectivity index (χ0) is 17.1. The lowest BCUT2D eigenvalue weighted by Gasteiger charge is -2.00. The fourth-order valence-corrected chi connectivity index (χ4v) is 2.59. The van der Waals surface area contributed by atoms with Gasteiger partial charge in [0.05, 0.1) is 17.2 Å². The van der Waals surface area contributed by atoms with Crippen LogP contribution in [0.1, 0.15) is 12.3 Å². The number of aryl methyl sites for hydroxylation is 1. The predicted octanol–water partition coefficient (Wildman–Crippen LogP) is 3.79. The number of imidazole rings is 1. The van der Waals surface area contributed by atoms with Gasteiger partial charge in [-0.05, 0) is 12.1 Å². The molecule has 1 amide bonds. The first-order valence-electron chi connectivity index (χ1n) is 8.03. The molecule has 0 atom stereocenters. The molecule has 0 aliphatic carbocycles. The van der Waals surface area contributed by atoms with Gasteiger partial charge >= 0.3 is 0 Å². The minimum atomic E-state index is -0.140. The van der Waals surface area contributed by atoms with Crippen LogP contribution in [0.2, 0.25) is 0 Å². The number of rotatable bonds is 5. The van der Waals surface area contributed by atoms with Crippen molar-refractivity contribution >= 4 is 22.9 Å². The quantitative estimate of drug-likeness (QED) is 0.582. The lowest BCUT2D eigenvalue weighted by molar-refractivity contribution is -0.116. The maximum absolute atomic E-state index is 12.1. The molecule has 2 aromatic carbocycles. The highest BCUT2D eigenvalue weighted by molar-refractivity contribution is 5.91. The molecule has 0 aliphatic rings. The number of amides is 1. The van der Waals surface area contributed by atoms with Crippen LogP contribution in [0.5, 0.6) is 0 Å². The van der Waals surface area contributed by atoms with Gasteiger partial charge < -0.3 is 9.40 Å². The summed E-state index contributed by atoms with van der Waals surface area (Å²) < 4.78 is 5.70. The van der Waals surface area contributed by atoms with Crippen molar-refractivity contribution in [3.8, 4) is 11.3 Å². The molecule has 25 heavy (non-hydrogen) atoms. The maximum atomic E-state index is 12.1. The van der Waals surface area contributed by atoms with Gasteiger partial charge in [0.2, 0.25) is 11.9 Å². The van der Waals surface area contributed by atoms with E-state index in [-0.39, 0.29) is 12.3 Å². The fraction of sp³-hybridized carbons (Fsp3) is 0.105. The average Bonchev–Trinajstić information content (AvgIpc) is 3.27. The summed E-state index contributed by atoms with van der Waals surface area (Å²) in [5, 5.41) is 2.77. The standard InChI is InChI=1S/C19H16N4O2/c24-17(23-19-21-14-8-4-5-9-15(14)22-19)10-11-18-20-12-16(25-18)13-6-2-1-3-7-13/h1-9,12H,10-11H2,(H2,21,22,23,24). The van der Waals surface area contributed by atoms with Crippen molar-refractivity contribution in [1.29, 1.82) is 0 Å². The topological polar surface area (TPSA) is 83.8 Å². The molecule has 0 aliphatic heterocycles. The van der Waals surface area contributed by atoms with Crippen LogP contribution in [0.4, 0.5) is 5.95 Å². The molecule has 2 aromatic heterocycles. The van der Waals surface area contributed by atoms with Gasteiger partial charge in [-0.25, -0.2) is 9.97 Å². The number of H-pyrrole nitrogens is 1. The van der Waals surface area contributed by atoms with Gasteiger partial charge in [-0.1, -0.05) is 42.5 Å².